The Morgan fingerprint density at radius 3 is 1.37 bits per heavy atom. The van der Waals surface area contributed by atoms with Gasteiger partial charge in [-0.2, -0.15) is 0 Å². The van der Waals surface area contributed by atoms with Crippen LogP contribution in [-0.2, 0) is 9.53 Å². The molecule has 2 heteroatoms. The highest BCUT2D eigenvalue weighted by Gasteiger charge is 2.08. The molecule has 2 nitrogen and oxygen atoms in total. The highest BCUT2D eigenvalue weighted by atomic mass is 16.5. The van der Waals surface area contributed by atoms with Crippen molar-refractivity contribution in [3.63, 3.8) is 0 Å². The summed E-state index contributed by atoms with van der Waals surface area (Å²) >= 11 is 0. The third-order valence-corrected chi connectivity index (χ3v) is 5.90. The van der Waals surface area contributed by atoms with Crippen molar-refractivity contribution in [1.29, 1.82) is 0 Å². The van der Waals surface area contributed by atoms with Crippen molar-refractivity contribution < 1.29 is 9.53 Å². The molecule has 0 aromatic carbocycles. The average Bonchev–Trinajstić information content (AvgIpc) is 2.68. The summed E-state index contributed by atoms with van der Waals surface area (Å²) in [4.78, 5) is 11.0. The molecule has 0 saturated heterocycles. The van der Waals surface area contributed by atoms with E-state index in [2.05, 4.69) is 18.6 Å². The van der Waals surface area contributed by atoms with E-state index < -0.39 is 0 Å². The number of hydrogen-bond donors (Lipinski definition) is 0. The van der Waals surface area contributed by atoms with Gasteiger partial charge < -0.3 is 4.74 Å². The third kappa shape index (κ3) is 20.0. The number of unbranched alkanes of at least 4 members (excludes halogenated alkanes) is 13. The maximum absolute atomic E-state index is 11.0. The molecule has 0 fully saturated rings. The van der Waals surface area contributed by atoms with Gasteiger partial charge in [0.15, 0.2) is 0 Å². The fourth-order valence-electron chi connectivity index (χ4n) is 4.02. The van der Waals surface area contributed by atoms with Gasteiger partial charge in [-0.15, -0.1) is 0 Å². The van der Waals surface area contributed by atoms with Crippen LogP contribution in [0.25, 0.3) is 0 Å². The van der Waals surface area contributed by atoms with Crippen molar-refractivity contribution in [2.24, 2.45) is 5.92 Å². The molecule has 0 bridgehead atoms. The van der Waals surface area contributed by atoms with Crippen LogP contribution in [0.5, 0.6) is 0 Å². The Morgan fingerprint density at radius 2 is 0.963 bits per heavy atom. The Bertz CT molecular complexity index is 289. The van der Waals surface area contributed by atoms with E-state index in [1.807, 2.05) is 0 Å². The van der Waals surface area contributed by atoms with Gasteiger partial charge in [-0.05, 0) is 12.3 Å². The molecule has 0 unspecified atom stereocenters. The summed E-state index contributed by atoms with van der Waals surface area (Å²) in [7, 11) is 1.48. The summed E-state index contributed by atoms with van der Waals surface area (Å²) in [5, 5.41) is 0. The second-order valence-electron chi connectivity index (χ2n) is 8.51. The first kappa shape index (κ1) is 26.5. The van der Waals surface area contributed by atoms with Crippen LogP contribution in [0.2, 0.25) is 0 Å². The van der Waals surface area contributed by atoms with E-state index >= 15 is 0 Å². The summed E-state index contributed by atoms with van der Waals surface area (Å²) in [6.07, 6.45) is 26.8. The largest absolute Gasteiger partial charge is 0.469 e. The second-order valence-corrected chi connectivity index (χ2v) is 8.51. The molecule has 27 heavy (non-hydrogen) atoms. The molecule has 0 rings (SSSR count). The number of rotatable bonds is 21. The molecule has 0 aliphatic carbocycles. The normalized spacial score (nSPS) is 11.3. The van der Waals surface area contributed by atoms with E-state index in [0.29, 0.717) is 6.42 Å². The van der Waals surface area contributed by atoms with Crippen LogP contribution < -0.4 is 0 Å². The fourth-order valence-corrected chi connectivity index (χ4v) is 4.02. The Balaban J connectivity index is 3.61. The van der Waals surface area contributed by atoms with E-state index in [1.54, 1.807) is 0 Å². The zero-order chi connectivity index (χ0) is 20.0. The minimum absolute atomic E-state index is 0.0612. The molecule has 0 atom stereocenters. The van der Waals surface area contributed by atoms with Crippen molar-refractivity contribution >= 4 is 5.97 Å². The van der Waals surface area contributed by atoms with Crippen LogP contribution in [0.3, 0.4) is 0 Å². The number of esters is 1. The van der Waals surface area contributed by atoms with E-state index in [0.717, 1.165) is 12.3 Å². The predicted octanol–water partition coefficient (Wildman–Crippen LogP) is 8.62. The standard InChI is InChI=1S/C25H50O2/c1-4-6-8-16-20-24(21-17-9-7-5-2)22-18-14-12-10-11-13-15-19-23-25(26)27-3/h24H,4-23H2,1-3H3. The van der Waals surface area contributed by atoms with Gasteiger partial charge in [-0.3, -0.25) is 4.79 Å². The van der Waals surface area contributed by atoms with Gasteiger partial charge >= 0.3 is 5.97 Å². The van der Waals surface area contributed by atoms with Gasteiger partial charge in [0.2, 0.25) is 0 Å². The topological polar surface area (TPSA) is 26.3 Å². The van der Waals surface area contributed by atoms with Gasteiger partial charge in [0, 0.05) is 6.42 Å². The number of methoxy groups -OCH3 is 1. The summed E-state index contributed by atoms with van der Waals surface area (Å²) in [5.74, 6) is 0.936. The van der Waals surface area contributed by atoms with Crippen molar-refractivity contribution in [3.05, 3.63) is 0 Å². The Labute approximate surface area is 171 Å². The summed E-state index contributed by atoms with van der Waals surface area (Å²) < 4.78 is 4.68. The average molecular weight is 383 g/mol. The van der Waals surface area contributed by atoms with E-state index in [1.165, 1.54) is 123 Å². The summed E-state index contributed by atoms with van der Waals surface area (Å²) in [5.41, 5.74) is 0. The Morgan fingerprint density at radius 1 is 0.593 bits per heavy atom. The highest BCUT2D eigenvalue weighted by molar-refractivity contribution is 5.68. The molecule has 0 amide bonds. The van der Waals surface area contributed by atoms with Crippen LogP contribution in [0.1, 0.15) is 142 Å². The zero-order valence-electron chi connectivity index (χ0n) is 19.0. The van der Waals surface area contributed by atoms with Gasteiger partial charge in [-0.25, -0.2) is 0 Å². The molecular weight excluding hydrogens is 332 g/mol. The first-order chi connectivity index (χ1) is 13.2. The molecule has 162 valence electrons. The minimum atomic E-state index is -0.0612. The number of carbonyl (C=O) groups excluding carboxylic acids is 1. The summed E-state index contributed by atoms with van der Waals surface area (Å²) in [6.45, 7) is 4.61. The first-order valence-corrected chi connectivity index (χ1v) is 12.3. The predicted molar refractivity (Wildman–Crippen MR) is 119 cm³/mol. The lowest BCUT2D eigenvalue weighted by atomic mass is 9.89. The number of hydrogen-bond acceptors (Lipinski definition) is 2. The second kappa shape index (κ2) is 21.8. The van der Waals surface area contributed by atoms with Crippen molar-refractivity contribution in [1.82, 2.24) is 0 Å². The van der Waals surface area contributed by atoms with Crippen molar-refractivity contribution in [2.75, 3.05) is 7.11 Å². The van der Waals surface area contributed by atoms with Crippen LogP contribution in [0, 0.1) is 5.92 Å². The molecule has 0 radical (unpaired) electrons. The lowest BCUT2D eigenvalue weighted by Gasteiger charge is -2.17. The molecule has 0 aliphatic heterocycles. The van der Waals surface area contributed by atoms with E-state index in [-0.39, 0.29) is 5.97 Å². The maximum Gasteiger partial charge on any atom is 0.305 e. The molecule has 0 N–H and O–H groups in total. The fraction of sp³-hybridized carbons (Fsp3) is 0.960. The number of carbonyl (C=O) groups is 1. The highest BCUT2D eigenvalue weighted by Crippen LogP contribution is 2.24. The molecule has 0 heterocycles. The van der Waals surface area contributed by atoms with Crippen molar-refractivity contribution in [3.8, 4) is 0 Å². The van der Waals surface area contributed by atoms with E-state index in [4.69, 9.17) is 0 Å². The summed E-state index contributed by atoms with van der Waals surface area (Å²) in [6, 6.07) is 0. The van der Waals surface area contributed by atoms with E-state index in [9.17, 15) is 4.79 Å². The maximum atomic E-state index is 11.0. The lowest BCUT2D eigenvalue weighted by molar-refractivity contribution is -0.140. The molecule has 0 saturated carbocycles. The molecule has 0 aromatic heterocycles. The van der Waals surface area contributed by atoms with Crippen LogP contribution in [0.4, 0.5) is 0 Å². The zero-order valence-corrected chi connectivity index (χ0v) is 19.0. The molecule has 0 aliphatic rings. The SMILES string of the molecule is CCCCCCC(CCCCCC)CCCCCCCCCCC(=O)OC. The quantitative estimate of drug-likeness (QED) is 0.147. The number of ether oxygens (including phenoxy) is 1. The smallest absolute Gasteiger partial charge is 0.305 e. The molecule has 0 aromatic rings. The van der Waals surface area contributed by atoms with Crippen LogP contribution in [-0.4, -0.2) is 13.1 Å². The van der Waals surface area contributed by atoms with Crippen molar-refractivity contribution in [2.45, 2.75) is 142 Å². The van der Waals surface area contributed by atoms with Gasteiger partial charge in [0.1, 0.15) is 0 Å². The molecule has 0 spiro atoms. The van der Waals surface area contributed by atoms with Gasteiger partial charge in [0.25, 0.3) is 0 Å². The molecular formula is C25H50O2. The van der Waals surface area contributed by atoms with Gasteiger partial charge in [-0.1, -0.05) is 129 Å². The Kier molecular flexibility index (Phi) is 21.3. The van der Waals surface area contributed by atoms with Gasteiger partial charge in [0.05, 0.1) is 7.11 Å². The first-order valence-electron chi connectivity index (χ1n) is 12.3. The van der Waals surface area contributed by atoms with Crippen LogP contribution >= 0.6 is 0 Å². The Hall–Kier alpha value is -0.530. The third-order valence-electron chi connectivity index (χ3n) is 5.90. The monoisotopic (exact) mass is 382 g/mol. The minimum Gasteiger partial charge on any atom is -0.469 e. The van der Waals surface area contributed by atoms with Crippen LogP contribution in [0.15, 0.2) is 0 Å². The lowest BCUT2D eigenvalue weighted by Crippen LogP contribution is -2.01.